The Morgan fingerprint density at radius 3 is 2.60 bits per heavy atom. The van der Waals surface area contributed by atoms with Crippen molar-refractivity contribution in [1.29, 1.82) is 0 Å². The van der Waals surface area contributed by atoms with E-state index in [-0.39, 0.29) is 22.5 Å². The zero-order valence-electron chi connectivity index (χ0n) is 10.6. The second-order valence-electron chi connectivity index (χ2n) is 4.19. The lowest BCUT2D eigenvalue weighted by Crippen LogP contribution is -2.05. The molecule has 0 aliphatic heterocycles. The highest BCUT2D eigenvalue weighted by Gasteiger charge is 2.13. The van der Waals surface area contributed by atoms with Crippen LogP contribution in [-0.2, 0) is 6.42 Å². The van der Waals surface area contributed by atoms with Crippen LogP contribution >= 0.6 is 31.9 Å². The summed E-state index contributed by atoms with van der Waals surface area (Å²) in [5.74, 6) is 0.173. The molecule has 2 aromatic rings. The summed E-state index contributed by atoms with van der Waals surface area (Å²) in [5.41, 5.74) is 1.24. The topological polar surface area (TPSA) is 26.3 Å². The standard InChI is InChI=1S/C15H11Br2FO2/c1-20-15-5-3-11(16)6-10(15)8-14(19)9-2-4-13(18)12(17)7-9/h2-7H,8H2,1H3. The van der Waals surface area contributed by atoms with Gasteiger partial charge in [-0.25, -0.2) is 4.39 Å². The molecule has 0 aromatic heterocycles. The van der Waals surface area contributed by atoms with E-state index in [1.807, 2.05) is 12.1 Å². The molecule has 0 fully saturated rings. The van der Waals surface area contributed by atoms with E-state index in [0.717, 1.165) is 10.0 Å². The number of carbonyl (C=O) groups excluding carboxylic acids is 1. The first kappa shape index (κ1) is 15.2. The third kappa shape index (κ3) is 3.46. The lowest BCUT2D eigenvalue weighted by molar-refractivity contribution is 0.0992. The smallest absolute Gasteiger partial charge is 0.167 e. The summed E-state index contributed by atoms with van der Waals surface area (Å²) < 4.78 is 19.6. The number of carbonyl (C=O) groups is 1. The zero-order valence-corrected chi connectivity index (χ0v) is 13.8. The molecule has 5 heteroatoms. The summed E-state index contributed by atoms with van der Waals surface area (Å²) in [4.78, 5) is 12.2. The Balaban J connectivity index is 2.27. The fourth-order valence-electron chi connectivity index (χ4n) is 1.83. The minimum Gasteiger partial charge on any atom is -0.496 e. The predicted molar refractivity (Wildman–Crippen MR) is 82.8 cm³/mol. The van der Waals surface area contributed by atoms with Gasteiger partial charge in [-0.05, 0) is 52.3 Å². The number of ketones is 1. The average Bonchev–Trinajstić information content (AvgIpc) is 2.42. The molecule has 2 aromatic carbocycles. The van der Waals surface area contributed by atoms with Gasteiger partial charge in [-0.15, -0.1) is 0 Å². The molecule has 0 radical (unpaired) electrons. The second kappa shape index (κ2) is 6.50. The van der Waals surface area contributed by atoms with Gasteiger partial charge in [0.25, 0.3) is 0 Å². The number of rotatable bonds is 4. The molecule has 0 saturated carbocycles. The van der Waals surface area contributed by atoms with Crippen molar-refractivity contribution in [2.24, 2.45) is 0 Å². The molecule has 0 atom stereocenters. The van der Waals surface area contributed by atoms with Gasteiger partial charge in [0.1, 0.15) is 11.6 Å². The van der Waals surface area contributed by atoms with E-state index < -0.39 is 0 Å². The molecule has 2 nitrogen and oxygen atoms in total. The molecule has 0 heterocycles. The minimum atomic E-state index is -0.387. The van der Waals surface area contributed by atoms with Gasteiger partial charge in [0, 0.05) is 22.0 Å². The molecule has 0 aliphatic carbocycles. The Bertz CT molecular complexity index is 656. The number of ether oxygens (including phenoxy) is 1. The fraction of sp³-hybridized carbons (Fsp3) is 0.133. The van der Waals surface area contributed by atoms with Crippen LogP contribution in [0.2, 0.25) is 0 Å². The first-order valence-electron chi connectivity index (χ1n) is 5.82. The van der Waals surface area contributed by atoms with Gasteiger partial charge < -0.3 is 4.74 Å². The summed E-state index contributed by atoms with van der Waals surface area (Å²) in [7, 11) is 1.56. The number of benzene rings is 2. The summed E-state index contributed by atoms with van der Waals surface area (Å²) in [6, 6.07) is 9.73. The van der Waals surface area contributed by atoms with E-state index in [1.165, 1.54) is 18.2 Å². The third-order valence-electron chi connectivity index (χ3n) is 2.84. The summed E-state index contributed by atoms with van der Waals surface area (Å²) in [5, 5.41) is 0. The van der Waals surface area contributed by atoms with E-state index in [0.29, 0.717) is 11.3 Å². The van der Waals surface area contributed by atoms with Crippen molar-refractivity contribution < 1.29 is 13.9 Å². The molecule has 2 rings (SSSR count). The maximum absolute atomic E-state index is 13.2. The lowest BCUT2D eigenvalue weighted by atomic mass is 10.0. The third-order valence-corrected chi connectivity index (χ3v) is 3.94. The van der Waals surface area contributed by atoms with Crippen molar-refractivity contribution in [3.05, 3.63) is 62.3 Å². The highest BCUT2D eigenvalue weighted by Crippen LogP contribution is 2.25. The van der Waals surface area contributed by atoms with Gasteiger partial charge in [-0.1, -0.05) is 15.9 Å². The van der Waals surface area contributed by atoms with Crippen LogP contribution in [0.3, 0.4) is 0 Å². The Morgan fingerprint density at radius 1 is 1.20 bits per heavy atom. The molecule has 0 amide bonds. The van der Waals surface area contributed by atoms with Crippen LogP contribution in [0.1, 0.15) is 15.9 Å². The Hall–Kier alpha value is -1.20. The Labute approximate surface area is 133 Å². The monoisotopic (exact) mass is 400 g/mol. The fourth-order valence-corrected chi connectivity index (χ4v) is 2.62. The van der Waals surface area contributed by atoms with E-state index in [9.17, 15) is 9.18 Å². The molecule has 0 spiro atoms. The van der Waals surface area contributed by atoms with Gasteiger partial charge in [0.15, 0.2) is 5.78 Å². The van der Waals surface area contributed by atoms with E-state index >= 15 is 0 Å². The quantitative estimate of drug-likeness (QED) is 0.688. The average molecular weight is 402 g/mol. The molecular formula is C15H11Br2FO2. The molecule has 20 heavy (non-hydrogen) atoms. The van der Waals surface area contributed by atoms with Crippen molar-refractivity contribution in [3.63, 3.8) is 0 Å². The van der Waals surface area contributed by atoms with Crippen LogP contribution < -0.4 is 4.74 Å². The van der Waals surface area contributed by atoms with E-state index in [4.69, 9.17) is 4.74 Å². The number of methoxy groups -OCH3 is 1. The molecule has 104 valence electrons. The second-order valence-corrected chi connectivity index (χ2v) is 5.96. The highest BCUT2D eigenvalue weighted by atomic mass is 79.9. The highest BCUT2D eigenvalue weighted by molar-refractivity contribution is 9.10. The van der Waals surface area contributed by atoms with Crippen LogP contribution in [0.4, 0.5) is 4.39 Å². The number of hydrogen-bond acceptors (Lipinski definition) is 2. The number of Topliss-reactive ketones (excluding diaryl/α,β-unsaturated/α-hetero) is 1. The lowest BCUT2D eigenvalue weighted by Gasteiger charge is -2.09. The van der Waals surface area contributed by atoms with Crippen molar-refractivity contribution >= 4 is 37.6 Å². The Morgan fingerprint density at radius 2 is 1.95 bits per heavy atom. The van der Waals surface area contributed by atoms with E-state index in [1.54, 1.807) is 13.2 Å². The van der Waals surface area contributed by atoms with E-state index in [2.05, 4.69) is 31.9 Å². The first-order valence-corrected chi connectivity index (χ1v) is 7.40. The van der Waals surface area contributed by atoms with Gasteiger partial charge in [0.2, 0.25) is 0 Å². The van der Waals surface area contributed by atoms with Crippen LogP contribution in [0.15, 0.2) is 45.3 Å². The van der Waals surface area contributed by atoms with Gasteiger partial charge in [-0.3, -0.25) is 4.79 Å². The molecular weight excluding hydrogens is 391 g/mol. The summed E-state index contributed by atoms with van der Waals surface area (Å²) >= 11 is 6.45. The predicted octanol–water partition coefficient (Wildman–Crippen LogP) is 4.78. The molecule has 0 unspecified atom stereocenters. The van der Waals surface area contributed by atoms with Crippen LogP contribution in [0.25, 0.3) is 0 Å². The van der Waals surface area contributed by atoms with Gasteiger partial charge >= 0.3 is 0 Å². The maximum Gasteiger partial charge on any atom is 0.167 e. The molecule has 0 N–H and O–H groups in total. The van der Waals surface area contributed by atoms with Crippen molar-refractivity contribution in [3.8, 4) is 5.75 Å². The number of halogens is 3. The van der Waals surface area contributed by atoms with Crippen LogP contribution in [0, 0.1) is 5.82 Å². The zero-order chi connectivity index (χ0) is 14.7. The Kier molecular flexibility index (Phi) is 4.94. The normalized spacial score (nSPS) is 10.4. The first-order chi connectivity index (χ1) is 9.51. The summed E-state index contributed by atoms with van der Waals surface area (Å²) in [6.45, 7) is 0. The van der Waals surface area contributed by atoms with Gasteiger partial charge in [-0.2, -0.15) is 0 Å². The summed E-state index contributed by atoms with van der Waals surface area (Å²) in [6.07, 6.45) is 0.195. The minimum absolute atomic E-state index is 0.0953. The number of hydrogen-bond donors (Lipinski definition) is 0. The molecule has 0 aliphatic rings. The van der Waals surface area contributed by atoms with Crippen LogP contribution in [0.5, 0.6) is 5.75 Å². The van der Waals surface area contributed by atoms with Crippen molar-refractivity contribution in [1.82, 2.24) is 0 Å². The van der Waals surface area contributed by atoms with Crippen molar-refractivity contribution in [2.75, 3.05) is 7.11 Å². The maximum atomic E-state index is 13.2. The van der Waals surface area contributed by atoms with Crippen molar-refractivity contribution in [2.45, 2.75) is 6.42 Å². The molecule has 0 bridgehead atoms. The largest absolute Gasteiger partial charge is 0.496 e. The SMILES string of the molecule is COc1ccc(Br)cc1CC(=O)c1ccc(F)c(Br)c1. The molecule has 0 saturated heterocycles. The van der Waals surface area contributed by atoms with Gasteiger partial charge in [0.05, 0.1) is 11.6 Å². The van der Waals surface area contributed by atoms with Crippen LogP contribution in [-0.4, -0.2) is 12.9 Å².